The molecule has 3 heterocycles. The standard InChI is InChI=1S/C67H76O16/c1-44-55(74-40-47-27-13-5-14-28-47)54(68)57(80-61(69)50-33-19-8-20-34-50)63(77-44)82-60-64(79-53(43-73-39-46-25-11-4-12-26-46)58(66(60,3)72)76-42-49-31-17-7-18-32-49)81-59-56(75-41-48-29-15-6-16-30-48)45(2)78-65(71)67(59,52-37-23-10-24-38-52)83-62(70)51-35-21-9-22-36-51/h4-9,11-22,25-36,44-45,52-60,63-65,68,71-72H,10,23-24,37-43H2,1-3H3/t44-,45+,53-,54+,55-,56+,57+,58-,59-,60-,63-,64-,65-,66+,67-/m1/s1. The Labute approximate surface area is 485 Å². The number of rotatable bonds is 22. The topological polar surface area (TPSA) is 196 Å². The average molecular weight is 1140 g/mol. The summed E-state index contributed by atoms with van der Waals surface area (Å²) in [5.41, 5.74) is -0.366. The molecule has 0 unspecified atom stereocenters. The highest BCUT2D eigenvalue weighted by Crippen LogP contribution is 2.49. The Morgan fingerprint density at radius 3 is 1.51 bits per heavy atom. The summed E-state index contributed by atoms with van der Waals surface area (Å²) < 4.78 is 74.6. The number of hydrogen-bond donors (Lipinski definition) is 3. The van der Waals surface area contributed by atoms with Gasteiger partial charge in [0.2, 0.25) is 0 Å². The molecule has 0 spiro atoms. The third-order valence-corrected chi connectivity index (χ3v) is 16.3. The molecule has 16 heteroatoms. The lowest BCUT2D eigenvalue weighted by molar-refractivity contribution is -0.417. The van der Waals surface area contributed by atoms with Gasteiger partial charge in [0.25, 0.3) is 0 Å². The van der Waals surface area contributed by atoms with Crippen molar-refractivity contribution in [2.45, 2.75) is 170 Å². The first-order chi connectivity index (χ1) is 40.4. The van der Waals surface area contributed by atoms with Crippen LogP contribution in [0.15, 0.2) is 182 Å². The first-order valence-electron chi connectivity index (χ1n) is 28.9. The van der Waals surface area contributed by atoms with E-state index in [9.17, 15) is 24.9 Å². The lowest BCUT2D eigenvalue weighted by Crippen LogP contribution is -2.74. The van der Waals surface area contributed by atoms with Gasteiger partial charge in [-0.05, 0) is 80.1 Å². The molecule has 3 saturated heterocycles. The summed E-state index contributed by atoms with van der Waals surface area (Å²) in [7, 11) is 0. The van der Waals surface area contributed by atoms with Crippen LogP contribution in [0.25, 0.3) is 0 Å². The maximum atomic E-state index is 14.8. The van der Waals surface area contributed by atoms with Crippen LogP contribution < -0.4 is 0 Å². The van der Waals surface area contributed by atoms with E-state index in [2.05, 4.69) is 0 Å². The van der Waals surface area contributed by atoms with E-state index in [1.165, 1.54) is 6.92 Å². The summed E-state index contributed by atoms with van der Waals surface area (Å²) in [6, 6.07) is 54.8. The highest BCUT2D eigenvalue weighted by molar-refractivity contribution is 5.90. The summed E-state index contributed by atoms with van der Waals surface area (Å²) in [6.07, 6.45) is -14.2. The Balaban J connectivity index is 1.09. The van der Waals surface area contributed by atoms with E-state index in [1.807, 2.05) is 121 Å². The van der Waals surface area contributed by atoms with Crippen LogP contribution in [0.1, 0.15) is 95.8 Å². The zero-order valence-electron chi connectivity index (χ0n) is 47.1. The van der Waals surface area contributed by atoms with Gasteiger partial charge in [0.05, 0.1) is 56.4 Å². The van der Waals surface area contributed by atoms with E-state index < -0.39 is 109 Å². The molecule has 4 aliphatic rings. The molecule has 0 radical (unpaired) electrons. The van der Waals surface area contributed by atoms with Crippen LogP contribution in [-0.2, 0) is 78.5 Å². The quantitative estimate of drug-likeness (QED) is 0.0543. The van der Waals surface area contributed by atoms with Crippen molar-refractivity contribution in [2.24, 2.45) is 5.92 Å². The normalized spacial score (nSPS) is 31.2. The lowest BCUT2D eigenvalue weighted by Gasteiger charge is -2.57. The van der Waals surface area contributed by atoms with Crippen molar-refractivity contribution in [2.75, 3.05) is 6.61 Å². The molecule has 0 amide bonds. The van der Waals surface area contributed by atoms with Crippen LogP contribution in [0.2, 0.25) is 0 Å². The molecule has 4 fully saturated rings. The molecule has 0 aromatic heterocycles. The average Bonchev–Trinajstić information content (AvgIpc) is 3.46. The van der Waals surface area contributed by atoms with E-state index in [-0.39, 0.29) is 44.2 Å². The van der Waals surface area contributed by atoms with Gasteiger partial charge in [-0.1, -0.05) is 177 Å². The second-order valence-electron chi connectivity index (χ2n) is 22.2. The molecule has 1 saturated carbocycles. The zero-order chi connectivity index (χ0) is 57.8. The molecule has 15 atom stereocenters. The molecule has 16 nitrogen and oxygen atoms in total. The molecule has 1 aliphatic carbocycles. The molecule has 10 rings (SSSR count). The zero-order valence-corrected chi connectivity index (χ0v) is 47.1. The predicted octanol–water partition coefficient (Wildman–Crippen LogP) is 9.45. The third kappa shape index (κ3) is 14.3. The van der Waals surface area contributed by atoms with Crippen molar-refractivity contribution >= 4 is 11.9 Å². The van der Waals surface area contributed by atoms with Gasteiger partial charge in [-0.2, -0.15) is 0 Å². The van der Waals surface area contributed by atoms with Crippen molar-refractivity contribution in [1.82, 2.24) is 0 Å². The van der Waals surface area contributed by atoms with Crippen LogP contribution in [0.5, 0.6) is 0 Å². The number of hydrogen-bond acceptors (Lipinski definition) is 16. The Hall–Kier alpha value is -6.22. The molecule has 83 heavy (non-hydrogen) atoms. The van der Waals surface area contributed by atoms with Crippen molar-refractivity contribution < 1.29 is 77.0 Å². The largest absolute Gasteiger partial charge is 0.450 e. The number of aliphatic hydroxyl groups excluding tert-OH is 2. The van der Waals surface area contributed by atoms with Crippen molar-refractivity contribution in [3.8, 4) is 0 Å². The first-order valence-corrected chi connectivity index (χ1v) is 28.9. The summed E-state index contributed by atoms with van der Waals surface area (Å²) in [5.74, 6) is -2.08. The van der Waals surface area contributed by atoms with Gasteiger partial charge in [0.15, 0.2) is 30.6 Å². The predicted molar refractivity (Wildman–Crippen MR) is 304 cm³/mol. The van der Waals surface area contributed by atoms with Crippen LogP contribution >= 0.6 is 0 Å². The van der Waals surface area contributed by atoms with Gasteiger partial charge in [-0.25, -0.2) is 9.59 Å². The van der Waals surface area contributed by atoms with Crippen molar-refractivity contribution in [3.63, 3.8) is 0 Å². The SMILES string of the molecule is C[C@@H]1O[C@@H](O)[C@@](OC(=O)c2ccccc2)(C2CCCCC2)[C@H](O[C@H]2O[C@H](COCc3ccccc3)[C@@H](OCc3ccccc3)[C@](C)(O)[C@@H]2O[C@H]2O[C@H](C)[C@@H](OCc3ccccc3)[C@H](O)[C@@H]2OC(=O)c2ccccc2)[C@H]1OCc1ccccc1. The number of carbonyl (C=O) groups is 2. The molecule has 6 aromatic carbocycles. The molecule has 440 valence electrons. The minimum atomic E-state index is -2.14. The Bertz CT molecular complexity index is 2920. The highest BCUT2D eigenvalue weighted by atomic mass is 16.8. The fourth-order valence-electron chi connectivity index (χ4n) is 11.9. The Morgan fingerprint density at radius 1 is 0.506 bits per heavy atom. The van der Waals surface area contributed by atoms with Gasteiger partial charge in [-0.15, -0.1) is 0 Å². The van der Waals surface area contributed by atoms with Crippen molar-refractivity contribution in [1.29, 1.82) is 0 Å². The minimum Gasteiger partial charge on any atom is -0.450 e. The summed E-state index contributed by atoms with van der Waals surface area (Å²) in [6.45, 7) is 5.20. The number of esters is 2. The lowest BCUT2D eigenvalue weighted by atomic mass is 9.70. The van der Waals surface area contributed by atoms with Gasteiger partial charge in [0.1, 0.15) is 48.3 Å². The molecule has 0 bridgehead atoms. The number of aliphatic hydroxyl groups is 3. The van der Waals surface area contributed by atoms with Crippen LogP contribution in [0, 0.1) is 5.92 Å². The second kappa shape index (κ2) is 28.1. The molecule has 6 aromatic rings. The van der Waals surface area contributed by atoms with Crippen LogP contribution in [-0.4, -0.2) is 125 Å². The molecule has 3 aliphatic heterocycles. The van der Waals surface area contributed by atoms with Crippen LogP contribution in [0.3, 0.4) is 0 Å². The Morgan fingerprint density at radius 2 is 0.964 bits per heavy atom. The smallest absolute Gasteiger partial charge is 0.338 e. The molecular formula is C67H76O16. The third-order valence-electron chi connectivity index (χ3n) is 16.3. The van der Waals surface area contributed by atoms with Gasteiger partial charge < -0.3 is 67.4 Å². The summed E-state index contributed by atoms with van der Waals surface area (Å²) in [4.78, 5) is 29.0. The van der Waals surface area contributed by atoms with Crippen molar-refractivity contribution in [3.05, 3.63) is 215 Å². The Kier molecular flexibility index (Phi) is 20.3. The summed E-state index contributed by atoms with van der Waals surface area (Å²) in [5, 5.41) is 39.0. The van der Waals surface area contributed by atoms with Gasteiger partial charge >= 0.3 is 11.9 Å². The number of carbonyl (C=O) groups excluding carboxylic acids is 2. The van der Waals surface area contributed by atoms with Gasteiger partial charge in [-0.3, -0.25) is 0 Å². The monoisotopic (exact) mass is 1140 g/mol. The fraction of sp³-hybridized carbons (Fsp3) is 0.433. The van der Waals surface area contributed by atoms with E-state index in [0.29, 0.717) is 12.8 Å². The summed E-state index contributed by atoms with van der Waals surface area (Å²) >= 11 is 0. The van der Waals surface area contributed by atoms with Gasteiger partial charge in [0, 0.05) is 5.92 Å². The van der Waals surface area contributed by atoms with E-state index in [0.717, 1.165) is 41.5 Å². The fourth-order valence-corrected chi connectivity index (χ4v) is 11.9. The molecule has 3 N–H and O–H groups in total. The van der Waals surface area contributed by atoms with Crippen LogP contribution in [0.4, 0.5) is 0 Å². The second-order valence-corrected chi connectivity index (χ2v) is 22.2. The number of benzene rings is 6. The number of ether oxygens (including phenoxy) is 11. The van der Waals surface area contributed by atoms with E-state index in [1.54, 1.807) is 74.5 Å². The first kappa shape index (κ1) is 59.9. The van der Waals surface area contributed by atoms with E-state index in [4.69, 9.17) is 52.1 Å². The molecular weight excluding hydrogens is 1060 g/mol. The maximum absolute atomic E-state index is 14.8. The maximum Gasteiger partial charge on any atom is 0.338 e. The highest BCUT2D eigenvalue weighted by Gasteiger charge is 2.66. The van der Waals surface area contributed by atoms with E-state index >= 15 is 0 Å². The minimum absolute atomic E-state index is 0.0190.